The van der Waals surface area contributed by atoms with Gasteiger partial charge in [0, 0.05) is 29.3 Å². The van der Waals surface area contributed by atoms with Crippen molar-refractivity contribution in [2.45, 2.75) is 59.3 Å². The Kier molecular flexibility index (Phi) is 8.38. The molecule has 0 radical (unpaired) electrons. The van der Waals surface area contributed by atoms with E-state index in [1.54, 1.807) is 0 Å². The first-order valence-corrected chi connectivity index (χ1v) is 11.4. The molecule has 0 aliphatic carbocycles. The summed E-state index contributed by atoms with van der Waals surface area (Å²) in [5.74, 6) is 0. The van der Waals surface area contributed by atoms with Gasteiger partial charge in [0.1, 0.15) is 0 Å². The summed E-state index contributed by atoms with van der Waals surface area (Å²) in [5.41, 5.74) is 7.43. The Morgan fingerprint density at radius 1 is 0.667 bits per heavy atom. The Bertz CT molecular complexity index is 899. The highest BCUT2D eigenvalue weighted by Gasteiger charge is 2.11. The Hall–Kier alpha value is -2.74. The van der Waals surface area contributed by atoms with E-state index >= 15 is 0 Å². The molecular weight excluding hydrogens is 364 g/mol. The van der Waals surface area contributed by atoms with E-state index in [2.05, 4.69) is 104 Å². The second-order valence-electron chi connectivity index (χ2n) is 8.19. The number of anilines is 4. The molecule has 0 bridgehead atoms. The molecule has 0 spiro atoms. The molecule has 0 aliphatic heterocycles. The summed E-state index contributed by atoms with van der Waals surface area (Å²) in [4.78, 5) is 2.48. The van der Waals surface area contributed by atoms with E-state index in [4.69, 9.17) is 0 Å². The number of rotatable bonds is 11. The summed E-state index contributed by atoms with van der Waals surface area (Å²) in [5, 5.41) is 3.54. The molecule has 0 unspecified atom stereocenters. The molecule has 3 rings (SSSR count). The number of benzene rings is 3. The molecule has 0 fully saturated rings. The monoisotopic (exact) mass is 400 g/mol. The van der Waals surface area contributed by atoms with Crippen LogP contribution in [0.15, 0.2) is 72.8 Å². The van der Waals surface area contributed by atoms with Crippen LogP contribution in [0.1, 0.15) is 56.6 Å². The summed E-state index contributed by atoms with van der Waals surface area (Å²) < 4.78 is 0. The lowest BCUT2D eigenvalue weighted by Gasteiger charge is -2.27. The average Bonchev–Trinajstić information content (AvgIpc) is 2.76. The summed E-state index contributed by atoms with van der Waals surface area (Å²) >= 11 is 0. The predicted octanol–water partition coefficient (Wildman–Crippen LogP) is 8.55. The van der Waals surface area contributed by atoms with Crippen molar-refractivity contribution in [1.82, 2.24) is 0 Å². The lowest BCUT2D eigenvalue weighted by atomic mass is 10.1. The highest BCUT2D eigenvalue weighted by Crippen LogP contribution is 2.30. The van der Waals surface area contributed by atoms with Crippen molar-refractivity contribution in [3.8, 4) is 0 Å². The Balaban J connectivity index is 1.72. The van der Waals surface area contributed by atoms with Crippen molar-refractivity contribution >= 4 is 22.7 Å². The molecule has 0 amide bonds. The van der Waals surface area contributed by atoms with Gasteiger partial charge >= 0.3 is 0 Å². The maximum atomic E-state index is 3.54. The van der Waals surface area contributed by atoms with Gasteiger partial charge in [-0.05, 0) is 67.8 Å². The quantitative estimate of drug-likeness (QED) is 0.324. The molecule has 158 valence electrons. The van der Waals surface area contributed by atoms with Crippen LogP contribution in [0.4, 0.5) is 22.7 Å². The minimum absolute atomic E-state index is 1.06. The third-order valence-corrected chi connectivity index (χ3v) is 5.74. The van der Waals surface area contributed by atoms with Crippen LogP contribution in [-0.4, -0.2) is 6.54 Å². The standard InChI is InChI=1S/C28H36N2/c1-4-5-6-7-8-13-22-30(28-17-12-10-15-24(28)3)26-20-18-25(19-21-26)29-27-16-11-9-14-23(27)2/h9-12,14-21,29H,4-8,13,22H2,1-3H3. The third-order valence-electron chi connectivity index (χ3n) is 5.74. The molecule has 0 heterocycles. The van der Waals surface area contributed by atoms with Crippen molar-refractivity contribution in [1.29, 1.82) is 0 Å². The van der Waals surface area contributed by atoms with Crippen LogP contribution in [0.25, 0.3) is 0 Å². The van der Waals surface area contributed by atoms with Gasteiger partial charge in [0.15, 0.2) is 0 Å². The van der Waals surface area contributed by atoms with Gasteiger partial charge in [-0.1, -0.05) is 75.4 Å². The van der Waals surface area contributed by atoms with Crippen molar-refractivity contribution in [2.75, 3.05) is 16.8 Å². The number of para-hydroxylation sites is 2. The van der Waals surface area contributed by atoms with Gasteiger partial charge in [0.25, 0.3) is 0 Å². The first kappa shape index (κ1) is 22.0. The highest BCUT2D eigenvalue weighted by molar-refractivity contribution is 5.70. The smallest absolute Gasteiger partial charge is 0.0440 e. The van der Waals surface area contributed by atoms with Gasteiger partial charge in [0.05, 0.1) is 0 Å². The minimum atomic E-state index is 1.06. The maximum Gasteiger partial charge on any atom is 0.0440 e. The summed E-state index contributed by atoms with van der Waals surface area (Å²) in [7, 11) is 0. The first-order valence-electron chi connectivity index (χ1n) is 11.4. The van der Waals surface area contributed by atoms with Crippen LogP contribution in [0, 0.1) is 13.8 Å². The number of hydrogen-bond donors (Lipinski definition) is 1. The fourth-order valence-corrected chi connectivity index (χ4v) is 3.90. The predicted molar refractivity (Wildman–Crippen MR) is 132 cm³/mol. The molecule has 0 atom stereocenters. The van der Waals surface area contributed by atoms with E-state index in [1.165, 1.54) is 61.0 Å². The van der Waals surface area contributed by atoms with Crippen LogP contribution < -0.4 is 10.2 Å². The van der Waals surface area contributed by atoms with E-state index in [-0.39, 0.29) is 0 Å². The number of unbranched alkanes of at least 4 members (excludes halogenated alkanes) is 5. The normalized spacial score (nSPS) is 10.8. The lowest BCUT2D eigenvalue weighted by molar-refractivity contribution is 0.609. The average molecular weight is 401 g/mol. The Labute approximate surface area is 183 Å². The molecule has 2 heteroatoms. The third kappa shape index (κ3) is 6.13. The van der Waals surface area contributed by atoms with Gasteiger partial charge in [-0.3, -0.25) is 0 Å². The highest BCUT2D eigenvalue weighted by atomic mass is 15.1. The molecule has 0 aliphatic rings. The number of nitrogens with one attached hydrogen (secondary N) is 1. The van der Waals surface area contributed by atoms with Crippen LogP contribution in [0.2, 0.25) is 0 Å². The van der Waals surface area contributed by atoms with Crippen molar-refractivity contribution in [3.63, 3.8) is 0 Å². The van der Waals surface area contributed by atoms with E-state index < -0.39 is 0 Å². The fourth-order valence-electron chi connectivity index (χ4n) is 3.90. The zero-order valence-electron chi connectivity index (χ0n) is 18.8. The zero-order chi connectivity index (χ0) is 21.2. The number of aryl methyl sites for hydroxylation is 2. The summed E-state index contributed by atoms with van der Waals surface area (Å²) in [6.45, 7) is 7.67. The van der Waals surface area contributed by atoms with E-state index in [0.29, 0.717) is 0 Å². The van der Waals surface area contributed by atoms with Gasteiger partial charge in [-0.2, -0.15) is 0 Å². The van der Waals surface area contributed by atoms with Crippen molar-refractivity contribution < 1.29 is 0 Å². The molecule has 3 aromatic carbocycles. The zero-order valence-corrected chi connectivity index (χ0v) is 18.8. The maximum absolute atomic E-state index is 3.54. The first-order chi connectivity index (χ1) is 14.7. The van der Waals surface area contributed by atoms with Gasteiger partial charge < -0.3 is 10.2 Å². The largest absolute Gasteiger partial charge is 0.355 e. The SMILES string of the molecule is CCCCCCCCN(c1ccc(Nc2ccccc2C)cc1)c1ccccc1C. The van der Waals surface area contributed by atoms with Crippen LogP contribution in [0.3, 0.4) is 0 Å². The summed E-state index contributed by atoms with van der Waals surface area (Å²) in [6, 6.07) is 26.0. The molecule has 3 aromatic rings. The topological polar surface area (TPSA) is 15.3 Å². The molecule has 0 saturated carbocycles. The van der Waals surface area contributed by atoms with Gasteiger partial charge in [0.2, 0.25) is 0 Å². The molecule has 30 heavy (non-hydrogen) atoms. The van der Waals surface area contributed by atoms with Crippen LogP contribution >= 0.6 is 0 Å². The Morgan fingerprint density at radius 2 is 1.30 bits per heavy atom. The second kappa shape index (κ2) is 11.4. The van der Waals surface area contributed by atoms with E-state index in [0.717, 1.165) is 17.9 Å². The number of nitrogens with zero attached hydrogens (tertiary/aromatic N) is 1. The molecular formula is C28H36N2. The minimum Gasteiger partial charge on any atom is -0.355 e. The molecule has 2 nitrogen and oxygen atoms in total. The van der Waals surface area contributed by atoms with Crippen LogP contribution in [0.5, 0.6) is 0 Å². The Morgan fingerprint density at radius 3 is 2.00 bits per heavy atom. The lowest BCUT2D eigenvalue weighted by Crippen LogP contribution is -2.19. The van der Waals surface area contributed by atoms with E-state index in [9.17, 15) is 0 Å². The second-order valence-corrected chi connectivity index (χ2v) is 8.19. The summed E-state index contributed by atoms with van der Waals surface area (Å²) in [6.07, 6.45) is 7.89. The fraction of sp³-hybridized carbons (Fsp3) is 0.357. The van der Waals surface area contributed by atoms with Gasteiger partial charge in [-0.15, -0.1) is 0 Å². The van der Waals surface area contributed by atoms with Crippen LogP contribution in [-0.2, 0) is 0 Å². The van der Waals surface area contributed by atoms with Crippen molar-refractivity contribution in [3.05, 3.63) is 83.9 Å². The number of hydrogen-bond acceptors (Lipinski definition) is 2. The molecule has 1 N–H and O–H groups in total. The van der Waals surface area contributed by atoms with Crippen molar-refractivity contribution in [2.24, 2.45) is 0 Å². The van der Waals surface area contributed by atoms with Gasteiger partial charge in [-0.25, -0.2) is 0 Å². The molecule has 0 aromatic heterocycles. The van der Waals surface area contributed by atoms with E-state index in [1.807, 2.05) is 0 Å². The molecule has 0 saturated heterocycles.